The maximum atomic E-state index is 8.89. The fourth-order valence-electron chi connectivity index (χ4n) is 4.34. The van der Waals surface area contributed by atoms with E-state index < -0.39 is 0 Å². The zero-order valence-electron chi connectivity index (χ0n) is 19.3. The molecule has 3 aromatic carbocycles. The molecule has 5 aromatic rings. The first kappa shape index (κ1) is 22.0. The maximum Gasteiger partial charge on any atom is 0.168 e. The highest BCUT2D eigenvalue weighted by Gasteiger charge is 2.12. The number of rotatable bonds is 8. The first-order chi connectivity index (χ1) is 16.7. The summed E-state index contributed by atoms with van der Waals surface area (Å²) < 4.78 is 2.04. The largest absolute Gasteiger partial charge is 0.396 e. The van der Waals surface area contributed by atoms with Gasteiger partial charge in [0.15, 0.2) is 11.5 Å². The predicted octanol–water partition coefficient (Wildman–Crippen LogP) is 5.51. The Morgan fingerprint density at radius 2 is 1.56 bits per heavy atom. The lowest BCUT2D eigenvalue weighted by Gasteiger charge is -2.12. The number of hydrogen-bond acceptors (Lipinski definition) is 4. The Morgan fingerprint density at radius 3 is 2.32 bits per heavy atom. The fraction of sp³-hybridized carbons (Fsp3) is 0.172. The molecule has 2 N–H and O–H groups in total. The van der Waals surface area contributed by atoms with Gasteiger partial charge in [-0.2, -0.15) is 0 Å². The molecular weight excluding hydrogens is 420 g/mol. The summed E-state index contributed by atoms with van der Waals surface area (Å²) in [5.41, 5.74) is 9.10. The Hall–Kier alpha value is -3.80. The molecule has 2 heterocycles. The van der Waals surface area contributed by atoms with Gasteiger partial charge in [0.25, 0.3) is 0 Å². The highest BCUT2D eigenvalue weighted by atomic mass is 16.3. The Morgan fingerprint density at radius 1 is 0.794 bits per heavy atom. The summed E-state index contributed by atoms with van der Waals surface area (Å²) in [6.45, 7) is 3.98. The van der Waals surface area contributed by atoms with E-state index in [1.165, 1.54) is 27.8 Å². The average Bonchev–Trinajstić information content (AvgIpc) is 3.31. The second kappa shape index (κ2) is 10.00. The van der Waals surface area contributed by atoms with E-state index >= 15 is 0 Å². The van der Waals surface area contributed by atoms with E-state index in [-0.39, 0.29) is 6.61 Å². The third-order valence-electron chi connectivity index (χ3n) is 6.19. The first-order valence-corrected chi connectivity index (χ1v) is 11.7. The molecule has 0 atom stereocenters. The number of hydrogen-bond donors (Lipinski definition) is 2. The minimum absolute atomic E-state index is 0.214. The Bertz CT molecular complexity index is 1390. The highest BCUT2D eigenvalue weighted by molar-refractivity contribution is 5.79. The molecule has 0 amide bonds. The number of nitrogens with zero attached hydrogens (tertiary/aromatic N) is 3. The molecule has 0 saturated carbocycles. The quantitative estimate of drug-likeness (QED) is 0.307. The van der Waals surface area contributed by atoms with Gasteiger partial charge in [0.2, 0.25) is 0 Å². The van der Waals surface area contributed by atoms with E-state index in [2.05, 4.69) is 107 Å². The molecule has 5 heteroatoms. The molecule has 0 bridgehead atoms. The van der Waals surface area contributed by atoms with Gasteiger partial charge in [-0.1, -0.05) is 72.8 Å². The number of aliphatic hydroxyl groups is 1. The van der Waals surface area contributed by atoms with Crippen molar-refractivity contribution in [1.29, 1.82) is 0 Å². The minimum Gasteiger partial charge on any atom is -0.396 e. The van der Waals surface area contributed by atoms with Crippen LogP contribution in [0.1, 0.15) is 17.5 Å². The number of aromatic nitrogens is 3. The molecule has 0 unspecified atom stereocenters. The predicted molar refractivity (Wildman–Crippen MR) is 137 cm³/mol. The molecule has 0 fully saturated rings. The molecule has 0 saturated heterocycles. The number of pyridine rings is 1. The van der Waals surface area contributed by atoms with Crippen LogP contribution in [0.25, 0.3) is 39.3 Å². The monoisotopic (exact) mass is 448 g/mol. The van der Waals surface area contributed by atoms with Crippen LogP contribution in [0, 0.1) is 6.92 Å². The van der Waals surface area contributed by atoms with Gasteiger partial charge in [0, 0.05) is 24.9 Å². The van der Waals surface area contributed by atoms with E-state index in [1.54, 1.807) is 0 Å². The lowest BCUT2D eigenvalue weighted by Crippen LogP contribution is -2.15. The molecule has 0 spiro atoms. The van der Waals surface area contributed by atoms with Crippen LogP contribution in [0.3, 0.4) is 0 Å². The summed E-state index contributed by atoms with van der Waals surface area (Å²) in [7, 11) is 0. The van der Waals surface area contributed by atoms with Gasteiger partial charge < -0.3 is 10.4 Å². The van der Waals surface area contributed by atoms with Gasteiger partial charge in [-0.05, 0) is 65.4 Å². The van der Waals surface area contributed by atoms with Crippen molar-refractivity contribution >= 4 is 5.65 Å². The first-order valence-electron chi connectivity index (χ1n) is 11.7. The fourth-order valence-corrected chi connectivity index (χ4v) is 4.34. The third-order valence-corrected chi connectivity index (χ3v) is 6.19. The average molecular weight is 449 g/mol. The topological polar surface area (TPSA) is 62.5 Å². The number of benzene rings is 3. The van der Waals surface area contributed by atoms with Gasteiger partial charge in [0.05, 0.1) is 0 Å². The van der Waals surface area contributed by atoms with Crippen LogP contribution in [0.2, 0.25) is 0 Å². The second-order valence-corrected chi connectivity index (χ2v) is 8.46. The summed E-state index contributed by atoms with van der Waals surface area (Å²) in [5.74, 6) is 0.830. The van der Waals surface area contributed by atoms with Crippen molar-refractivity contribution < 1.29 is 5.11 Å². The zero-order valence-corrected chi connectivity index (χ0v) is 19.3. The number of fused-ring (bicyclic) bond motifs is 1. The van der Waals surface area contributed by atoms with Crippen LogP contribution < -0.4 is 5.32 Å². The number of aliphatic hydroxyl groups excluding tert-OH is 1. The van der Waals surface area contributed by atoms with Gasteiger partial charge in [-0.25, -0.2) is 0 Å². The van der Waals surface area contributed by atoms with E-state index in [9.17, 15) is 0 Å². The van der Waals surface area contributed by atoms with E-state index in [0.29, 0.717) is 0 Å². The second-order valence-electron chi connectivity index (χ2n) is 8.46. The van der Waals surface area contributed by atoms with Crippen molar-refractivity contribution in [2.45, 2.75) is 19.9 Å². The lowest BCUT2D eigenvalue weighted by atomic mass is 9.93. The molecule has 0 radical (unpaired) electrons. The van der Waals surface area contributed by atoms with Crippen molar-refractivity contribution in [3.63, 3.8) is 0 Å². The molecule has 0 aliphatic heterocycles. The molecule has 5 rings (SSSR count). The molecule has 2 aromatic heterocycles. The summed E-state index contributed by atoms with van der Waals surface area (Å²) in [6, 6.07) is 29.6. The van der Waals surface area contributed by atoms with E-state index in [0.717, 1.165) is 42.1 Å². The van der Waals surface area contributed by atoms with Crippen molar-refractivity contribution in [2.24, 2.45) is 0 Å². The molecule has 5 nitrogen and oxygen atoms in total. The standard InChI is InChI=1S/C29H28N4O/c1-21-26(23-7-3-2-4-8-23)9-5-10-27(21)25-15-17-33-28(19-25)31-32-29(33)24-13-11-22(12-14-24)20-30-16-6-18-34/h2-5,7-15,17,19,30,34H,6,16,18,20H2,1H3. The molecule has 0 aliphatic rings. The number of nitrogens with one attached hydrogen (secondary N) is 1. The van der Waals surface area contributed by atoms with Crippen molar-refractivity contribution in [2.75, 3.05) is 13.2 Å². The smallest absolute Gasteiger partial charge is 0.168 e. The summed E-state index contributed by atoms with van der Waals surface area (Å²) in [5, 5.41) is 21.2. The van der Waals surface area contributed by atoms with Crippen molar-refractivity contribution in [1.82, 2.24) is 19.9 Å². The van der Waals surface area contributed by atoms with Crippen molar-refractivity contribution in [3.05, 3.63) is 102 Å². The summed E-state index contributed by atoms with van der Waals surface area (Å²) in [4.78, 5) is 0. The SMILES string of the molecule is Cc1c(-c2ccccc2)cccc1-c1ccn2c(-c3ccc(CNCCCO)cc3)nnc2c1. The Kier molecular flexibility index (Phi) is 6.47. The summed E-state index contributed by atoms with van der Waals surface area (Å²) in [6.07, 6.45) is 2.82. The maximum absolute atomic E-state index is 8.89. The van der Waals surface area contributed by atoms with Crippen LogP contribution in [0.5, 0.6) is 0 Å². The Labute approximate surface area is 199 Å². The highest BCUT2D eigenvalue weighted by Crippen LogP contribution is 2.32. The lowest BCUT2D eigenvalue weighted by molar-refractivity contribution is 0.286. The van der Waals surface area contributed by atoms with E-state index in [4.69, 9.17) is 5.11 Å². The third kappa shape index (κ3) is 4.49. The summed E-state index contributed by atoms with van der Waals surface area (Å²) >= 11 is 0. The van der Waals surface area contributed by atoms with Gasteiger partial charge in [-0.3, -0.25) is 4.40 Å². The van der Waals surface area contributed by atoms with E-state index in [1.807, 2.05) is 10.5 Å². The van der Waals surface area contributed by atoms with Crippen LogP contribution >= 0.6 is 0 Å². The molecule has 170 valence electrons. The molecular formula is C29H28N4O. The molecule has 34 heavy (non-hydrogen) atoms. The van der Waals surface area contributed by atoms with Crippen LogP contribution in [0.4, 0.5) is 0 Å². The normalized spacial score (nSPS) is 11.2. The van der Waals surface area contributed by atoms with Crippen molar-refractivity contribution in [3.8, 4) is 33.6 Å². The van der Waals surface area contributed by atoms with Crippen LogP contribution in [-0.4, -0.2) is 32.9 Å². The minimum atomic E-state index is 0.214. The van der Waals surface area contributed by atoms with Gasteiger partial charge in [0.1, 0.15) is 0 Å². The Balaban J connectivity index is 1.42. The zero-order chi connectivity index (χ0) is 23.3. The van der Waals surface area contributed by atoms with Gasteiger partial charge >= 0.3 is 0 Å². The molecule has 0 aliphatic carbocycles. The van der Waals surface area contributed by atoms with Crippen LogP contribution in [0.15, 0.2) is 91.1 Å². The van der Waals surface area contributed by atoms with Crippen LogP contribution in [-0.2, 0) is 6.54 Å². The van der Waals surface area contributed by atoms with Gasteiger partial charge in [-0.15, -0.1) is 10.2 Å².